The maximum Gasteiger partial charge on any atom is 0.442 e. The van der Waals surface area contributed by atoms with Gasteiger partial charge in [0.25, 0.3) is 0 Å². The van der Waals surface area contributed by atoms with Gasteiger partial charge in [-0.15, -0.1) is 10.2 Å². The summed E-state index contributed by atoms with van der Waals surface area (Å²) in [5, 5.41) is 6.16. The van der Waals surface area contributed by atoms with Gasteiger partial charge in [-0.3, -0.25) is 0 Å². The van der Waals surface area contributed by atoms with Crippen molar-refractivity contribution < 1.29 is 52.7 Å². The molecular weight excluding hydrogens is 656 g/mol. The predicted molar refractivity (Wildman–Crippen MR) is 143 cm³/mol. The molecule has 0 atom stereocenters. The van der Waals surface area contributed by atoms with E-state index in [9.17, 15) is 52.7 Å². The van der Waals surface area contributed by atoms with Crippen molar-refractivity contribution in [2.24, 2.45) is 10.2 Å². The lowest BCUT2D eigenvalue weighted by Crippen LogP contribution is -2.54. The van der Waals surface area contributed by atoms with Crippen molar-refractivity contribution in [3.63, 3.8) is 0 Å². The highest BCUT2D eigenvalue weighted by atomic mass is 19.4. The van der Waals surface area contributed by atoms with Gasteiger partial charge < -0.3 is 0 Å². The fraction of sp³-hybridized carbons (Fsp3) is 0.226. The number of halogens is 12. The van der Waals surface area contributed by atoms with Gasteiger partial charge in [0.2, 0.25) is 11.1 Å². The third-order valence-corrected chi connectivity index (χ3v) is 8.25. The van der Waals surface area contributed by atoms with Crippen molar-refractivity contribution in [1.29, 1.82) is 0 Å². The Bertz CT molecular complexity index is 1670. The summed E-state index contributed by atoms with van der Waals surface area (Å²) >= 11 is 0. The lowest BCUT2D eigenvalue weighted by molar-refractivity contribution is -0.288. The van der Waals surface area contributed by atoms with E-state index in [1.165, 1.54) is 24.3 Å². The summed E-state index contributed by atoms with van der Waals surface area (Å²) < 4.78 is 168. The van der Waals surface area contributed by atoms with Crippen LogP contribution in [0.5, 0.6) is 0 Å². The zero-order chi connectivity index (χ0) is 34.3. The number of alkyl halides is 12. The highest BCUT2D eigenvalue weighted by Gasteiger charge is 2.72. The van der Waals surface area contributed by atoms with Gasteiger partial charge in [-0.05, 0) is 38.9 Å². The van der Waals surface area contributed by atoms with Gasteiger partial charge in [-0.1, -0.05) is 97.1 Å². The van der Waals surface area contributed by atoms with Crippen LogP contribution in [0.25, 0.3) is 22.3 Å². The first-order chi connectivity index (χ1) is 21.8. The van der Waals surface area contributed by atoms with Gasteiger partial charge in [0, 0.05) is 5.56 Å². The van der Waals surface area contributed by atoms with E-state index < -0.39 is 52.6 Å². The quantitative estimate of drug-likeness (QED) is 0.158. The summed E-state index contributed by atoms with van der Waals surface area (Å²) in [5.74, 6) is 0. The highest BCUT2D eigenvalue weighted by Crippen LogP contribution is 2.57. The van der Waals surface area contributed by atoms with E-state index in [1.807, 2.05) is 10.9 Å². The average Bonchev–Trinajstić information content (AvgIpc) is 3.90. The Labute approximate surface area is 257 Å². The maximum atomic E-state index is 14.7. The molecule has 2 aliphatic rings. The number of nitrogens with zero attached hydrogens (tertiary/aromatic N) is 2. The molecule has 1 saturated heterocycles. The molecule has 0 radical (unpaired) electrons. The van der Waals surface area contributed by atoms with Crippen molar-refractivity contribution in [2.75, 3.05) is 0 Å². The second kappa shape index (κ2) is 10.3. The standard InChI is InChI=1S/C31H18F12N4/c32-28(33,34)25(29(35,36)37,21-9-1-17(2-10-21)19-5-13-23(14-6-19)26(44-45-26)30(38,39)40)22-11-3-18(4-12-22)20-7-15-24(16-8-20)27(46-47-27)31(41,42)43/h1-16,44-45H. The van der Waals surface area contributed by atoms with Crippen LogP contribution < -0.4 is 10.9 Å². The molecule has 2 N–H and O–H groups in total. The van der Waals surface area contributed by atoms with Crippen molar-refractivity contribution in [3.8, 4) is 22.3 Å². The van der Waals surface area contributed by atoms with E-state index in [0.29, 0.717) is 24.3 Å². The van der Waals surface area contributed by atoms with Gasteiger partial charge in [0.15, 0.2) is 0 Å². The normalized spacial score (nSPS) is 17.4. The molecule has 2 aliphatic heterocycles. The third-order valence-electron chi connectivity index (χ3n) is 8.25. The molecule has 2 heterocycles. The minimum Gasteiger partial charge on any atom is -0.223 e. The van der Waals surface area contributed by atoms with E-state index in [2.05, 4.69) is 10.2 Å². The maximum absolute atomic E-state index is 14.7. The molecule has 246 valence electrons. The molecule has 0 aliphatic carbocycles. The molecule has 47 heavy (non-hydrogen) atoms. The second-order valence-corrected chi connectivity index (χ2v) is 10.9. The molecule has 0 spiro atoms. The molecular formula is C31H18F12N4. The van der Waals surface area contributed by atoms with Gasteiger partial charge in [-0.2, -0.15) is 52.7 Å². The van der Waals surface area contributed by atoms with Crippen LogP contribution in [0.3, 0.4) is 0 Å². The van der Waals surface area contributed by atoms with Crippen molar-refractivity contribution in [3.05, 3.63) is 119 Å². The zero-order valence-corrected chi connectivity index (χ0v) is 23.2. The Balaban J connectivity index is 1.33. The molecule has 0 saturated carbocycles. The molecule has 4 aromatic rings. The molecule has 0 amide bonds. The molecule has 4 nitrogen and oxygen atoms in total. The van der Waals surface area contributed by atoms with Gasteiger partial charge in [-0.25, -0.2) is 10.9 Å². The van der Waals surface area contributed by atoms with Gasteiger partial charge in [0.05, 0.1) is 0 Å². The molecule has 0 unspecified atom stereocenters. The number of benzene rings is 4. The van der Waals surface area contributed by atoms with Crippen LogP contribution in [0.15, 0.2) is 107 Å². The van der Waals surface area contributed by atoms with Crippen molar-refractivity contribution >= 4 is 0 Å². The topological polar surface area (TPSA) is 68.6 Å². The van der Waals surface area contributed by atoms with E-state index in [1.54, 1.807) is 0 Å². The summed E-state index contributed by atoms with van der Waals surface area (Å²) in [6.07, 6.45) is -21.3. The second-order valence-electron chi connectivity index (χ2n) is 10.9. The zero-order valence-electron chi connectivity index (χ0n) is 23.2. The van der Waals surface area contributed by atoms with Crippen molar-refractivity contribution in [1.82, 2.24) is 10.9 Å². The Morgan fingerprint density at radius 1 is 0.404 bits per heavy atom. The Morgan fingerprint density at radius 3 is 0.979 bits per heavy atom. The highest BCUT2D eigenvalue weighted by molar-refractivity contribution is 5.67. The van der Waals surface area contributed by atoms with Crippen LogP contribution in [0.2, 0.25) is 0 Å². The third kappa shape index (κ3) is 5.04. The van der Waals surface area contributed by atoms with Crippen LogP contribution in [0.4, 0.5) is 52.7 Å². The molecule has 16 heteroatoms. The van der Waals surface area contributed by atoms with E-state index in [0.717, 1.165) is 48.5 Å². The fourth-order valence-electron chi connectivity index (χ4n) is 5.57. The summed E-state index contributed by atoms with van der Waals surface area (Å²) in [4.78, 5) is 0. The summed E-state index contributed by atoms with van der Waals surface area (Å²) in [5.41, 5.74) is -7.68. The van der Waals surface area contributed by atoms with Crippen LogP contribution in [0, 0.1) is 0 Å². The number of rotatable bonds is 6. The van der Waals surface area contributed by atoms with E-state index >= 15 is 0 Å². The SMILES string of the molecule is FC(F)(F)C1(c2ccc(-c3ccc(C(c4ccc(-c5ccc(C6(C(F)(F)F)NN6)cc5)cc4)(C(F)(F)F)C(F)(F)F)cc3)cc2)N=N1. The first-order valence-electron chi connectivity index (χ1n) is 13.5. The first-order valence-corrected chi connectivity index (χ1v) is 13.5. The fourth-order valence-corrected chi connectivity index (χ4v) is 5.57. The van der Waals surface area contributed by atoms with Crippen LogP contribution in [-0.4, -0.2) is 24.7 Å². The lowest BCUT2D eigenvalue weighted by atomic mass is 9.72. The predicted octanol–water partition coefficient (Wildman–Crippen LogP) is 9.44. The lowest BCUT2D eigenvalue weighted by Gasteiger charge is -2.38. The van der Waals surface area contributed by atoms with Crippen LogP contribution in [0.1, 0.15) is 22.3 Å². The minimum absolute atomic E-state index is 0.131. The molecule has 0 bridgehead atoms. The largest absolute Gasteiger partial charge is 0.442 e. The van der Waals surface area contributed by atoms with Gasteiger partial charge in [0.1, 0.15) is 0 Å². The molecule has 4 aromatic carbocycles. The number of hydrogen-bond acceptors (Lipinski definition) is 4. The smallest absolute Gasteiger partial charge is 0.223 e. The number of hydrogen-bond donors (Lipinski definition) is 2. The Morgan fingerprint density at radius 2 is 0.723 bits per heavy atom. The summed E-state index contributed by atoms with van der Waals surface area (Å²) in [6.45, 7) is 0. The summed E-state index contributed by atoms with van der Waals surface area (Å²) in [7, 11) is 0. The number of nitrogens with one attached hydrogen (secondary N) is 2. The molecule has 0 aromatic heterocycles. The summed E-state index contributed by atoms with van der Waals surface area (Å²) in [6, 6.07) is 15.9. The molecule has 1 fully saturated rings. The monoisotopic (exact) mass is 674 g/mol. The van der Waals surface area contributed by atoms with Crippen molar-refractivity contribution in [2.45, 2.75) is 41.4 Å². The van der Waals surface area contributed by atoms with E-state index in [4.69, 9.17) is 0 Å². The first kappa shape index (κ1) is 32.5. The van der Waals surface area contributed by atoms with Crippen LogP contribution >= 0.6 is 0 Å². The minimum atomic E-state index is -5.89. The molecule has 6 rings (SSSR count). The van der Waals surface area contributed by atoms with Gasteiger partial charge >= 0.3 is 30.4 Å². The Hall–Kier alpha value is -4.44. The Kier molecular flexibility index (Phi) is 7.11. The number of hydrazine groups is 1. The van der Waals surface area contributed by atoms with E-state index in [-0.39, 0.29) is 33.4 Å². The van der Waals surface area contributed by atoms with Crippen LogP contribution in [-0.2, 0) is 16.7 Å². The average molecular weight is 674 g/mol.